The Morgan fingerprint density at radius 1 is 0.880 bits per heavy atom. The Hall–Kier alpha value is -2.58. The third-order valence-electron chi connectivity index (χ3n) is 5.83. The fourth-order valence-corrected chi connectivity index (χ4v) is 4.54. The minimum Gasteiger partial charge on any atom is -0.507 e. The zero-order valence-electron chi connectivity index (χ0n) is 14.4. The minimum atomic E-state index is 0.420. The molecule has 124 valence electrons. The second kappa shape index (κ2) is 5.47. The van der Waals surface area contributed by atoms with Gasteiger partial charge in [0.1, 0.15) is 5.75 Å². The maximum Gasteiger partial charge on any atom is 0.131 e. The van der Waals surface area contributed by atoms with Crippen LogP contribution < -0.4 is 0 Å². The highest BCUT2D eigenvalue weighted by atomic mass is 16.3. The molecule has 2 aliphatic rings. The molecule has 2 heteroatoms. The van der Waals surface area contributed by atoms with Gasteiger partial charge in [-0.15, -0.1) is 0 Å². The summed E-state index contributed by atoms with van der Waals surface area (Å²) < 4.78 is 0. The largest absolute Gasteiger partial charge is 0.507 e. The predicted molar refractivity (Wildman–Crippen MR) is 102 cm³/mol. The number of likely N-dealkylation sites (N-methyl/N-ethyl adjacent to an activating group) is 1. The first-order valence-electron chi connectivity index (χ1n) is 8.96. The van der Waals surface area contributed by atoms with E-state index in [0.29, 0.717) is 11.8 Å². The lowest BCUT2D eigenvalue weighted by atomic mass is 9.76. The number of phenols is 1. The van der Waals surface area contributed by atoms with Gasteiger partial charge in [-0.05, 0) is 47.7 Å². The summed E-state index contributed by atoms with van der Waals surface area (Å²) in [5, 5.41) is 11.2. The predicted octanol–water partition coefficient (Wildman–Crippen LogP) is 4.81. The van der Waals surface area contributed by atoms with Crippen molar-refractivity contribution in [1.29, 1.82) is 0 Å². The van der Waals surface area contributed by atoms with Crippen LogP contribution in [0, 0.1) is 0 Å². The smallest absolute Gasteiger partial charge is 0.131 e. The van der Waals surface area contributed by atoms with Gasteiger partial charge >= 0.3 is 0 Å². The van der Waals surface area contributed by atoms with E-state index in [1.54, 1.807) is 0 Å². The highest BCUT2D eigenvalue weighted by Gasteiger charge is 2.34. The quantitative estimate of drug-likeness (QED) is 0.693. The van der Waals surface area contributed by atoms with E-state index in [-0.39, 0.29) is 0 Å². The van der Waals surface area contributed by atoms with Gasteiger partial charge in [-0.3, -0.25) is 4.90 Å². The lowest BCUT2D eigenvalue weighted by molar-refractivity contribution is 0.228. The van der Waals surface area contributed by atoms with E-state index in [1.807, 2.05) is 18.2 Å². The molecule has 1 aliphatic heterocycles. The molecule has 0 aromatic heterocycles. The summed E-state index contributed by atoms with van der Waals surface area (Å²) in [7, 11) is 2.22. The maximum absolute atomic E-state index is 11.2. The molecule has 0 fully saturated rings. The van der Waals surface area contributed by atoms with Gasteiger partial charge in [0.2, 0.25) is 0 Å². The summed E-state index contributed by atoms with van der Waals surface area (Å²) in [5.41, 5.74) is 8.34. The highest BCUT2D eigenvalue weighted by molar-refractivity contribution is 5.87. The van der Waals surface area contributed by atoms with E-state index in [0.717, 1.165) is 36.1 Å². The molecule has 0 unspecified atom stereocenters. The summed E-state index contributed by atoms with van der Waals surface area (Å²) in [6, 6.07) is 21.4. The van der Waals surface area contributed by atoms with Gasteiger partial charge in [0, 0.05) is 23.7 Å². The zero-order valence-corrected chi connectivity index (χ0v) is 14.4. The van der Waals surface area contributed by atoms with Gasteiger partial charge in [0.15, 0.2) is 0 Å². The van der Waals surface area contributed by atoms with Crippen molar-refractivity contribution in [3.63, 3.8) is 0 Å². The number of rotatable bonds is 1. The van der Waals surface area contributed by atoms with Crippen LogP contribution in [0.25, 0.3) is 22.3 Å². The molecule has 3 aromatic carbocycles. The molecule has 0 amide bonds. The molecule has 0 saturated carbocycles. The molecule has 1 heterocycles. The molecule has 25 heavy (non-hydrogen) atoms. The third-order valence-corrected chi connectivity index (χ3v) is 5.83. The molecule has 0 saturated heterocycles. The Morgan fingerprint density at radius 2 is 1.72 bits per heavy atom. The summed E-state index contributed by atoms with van der Waals surface area (Å²) in [6.07, 6.45) is 2.06. The van der Waals surface area contributed by atoms with Crippen molar-refractivity contribution in [2.24, 2.45) is 0 Å². The molecular formula is C23H21NO. The van der Waals surface area contributed by atoms with Crippen LogP contribution in [0.1, 0.15) is 22.7 Å². The van der Waals surface area contributed by atoms with Crippen LogP contribution in [0.4, 0.5) is 0 Å². The van der Waals surface area contributed by atoms with E-state index in [9.17, 15) is 5.11 Å². The number of hydrogen-bond acceptors (Lipinski definition) is 2. The third kappa shape index (κ3) is 2.14. The van der Waals surface area contributed by atoms with Crippen LogP contribution in [0.2, 0.25) is 0 Å². The Bertz CT molecular complexity index is 961. The first-order chi connectivity index (χ1) is 12.2. The van der Waals surface area contributed by atoms with Gasteiger partial charge in [0.25, 0.3) is 0 Å². The molecular weight excluding hydrogens is 306 g/mol. The summed E-state index contributed by atoms with van der Waals surface area (Å²) in [6.45, 7) is 1.10. The van der Waals surface area contributed by atoms with Gasteiger partial charge in [0.05, 0.1) is 0 Å². The lowest BCUT2D eigenvalue weighted by Gasteiger charge is -2.40. The van der Waals surface area contributed by atoms with Gasteiger partial charge in [-0.1, -0.05) is 60.7 Å². The Kier molecular flexibility index (Phi) is 3.22. The van der Waals surface area contributed by atoms with Crippen LogP contribution in [-0.4, -0.2) is 23.6 Å². The van der Waals surface area contributed by atoms with E-state index in [2.05, 4.69) is 54.4 Å². The number of nitrogens with zero attached hydrogens (tertiary/aromatic N) is 1. The standard InChI is InChI=1S/C23H21NO/c1-24-13-12-16-8-5-9-19-21(16)20(24)14-17-10-11-18(23(25)22(17)19)15-6-3-2-4-7-15/h2-11,20,25H,12-14H2,1H3/t20-/m1/s1. The molecule has 0 radical (unpaired) electrons. The number of phenolic OH excluding ortho intramolecular Hbond substituents is 1. The molecule has 2 nitrogen and oxygen atoms in total. The highest BCUT2D eigenvalue weighted by Crippen LogP contribution is 2.50. The van der Waals surface area contributed by atoms with E-state index in [1.165, 1.54) is 22.3 Å². The topological polar surface area (TPSA) is 23.5 Å². The normalized spacial score (nSPS) is 18.5. The molecule has 1 N–H and O–H groups in total. The van der Waals surface area contributed by atoms with Crippen molar-refractivity contribution in [3.05, 3.63) is 77.4 Å². The summed E-state index contributed by atoms with van der Waals surface area (Å²) >= 11 is 0. The number of hydrogen-bond donors (Lipinski definition) is 1. The van der Waals surface area contributed by atoms with E-state index >= 15 is 0 Å². The molecule has 3 aromatic rings. The van der Waals surface area contributed by atoms with Crippen LogP contribution in [-0.2, 0) is 12.8 Å². The molecule has 5 rings (SSSR count). The Balaban J connectivity index is 1.77. The Morgan fingerprint density at radius 3 is 2.56 bits per heavy atom. The van der Waals surface area contributed by atoms with Crippen molar-refractivity contribution in [2.45, 2.75) is 18.9 Å². The van der Waals surface area contributed by atoms with E-state index < -0.39 is 0 Å². The second-order valence-electron chi connectivity index (χ2n) is 7.19. The number of aromatic hydroxyl groups is 1. The fraction of sp³-hybridized carbons (Fsp3) is 0.217. The first kappa shape index (κ1) is 14.7. The van der Waals surface area contributed by atoms with Gasteiger partial charge in [-0.2, -0.15) is 0 Å². The second-order valence-corrected chi connectivity index (χ2v) is 7.19. The number of benzene rings is 3. The molecule has 0 spiro atoms. The molecule has 1 atom stereocenters. The average Bonchev–Trinajstić information content (AvgIpc) is 2.65. The van der Waals surface area contributed by atoms with Crippen LogP contribution in [0.5, 0.6) is 5.75 Å². The van der Waals surface area contributed by atoms with Crippen LogP contribution >= 0.6 is 0 Å². The maximum atomic E-state index is 11.2. The van der Waals surface area contributed by atoms with Crippen molar-refractivity contribution >= 4 is 0 Å². The van der Waals surface area contributed by atoms with Gasteiger partial charge < -0.3 is 5.11 Å². The lowest BCUT2D eigenvalue weighted by Crippen LogP contribution is -2.35. The van der Waals surface area contributed by atoms with Crippen LogP contribution in [0.3, 0.4) is 0 Å². The monoisotopic (exact) mass is 327 g/mol. The first-order valence-corrected chi connectivity index (χ1v) is 8.96. The Labute approximate surface area is 148 Å². The SMILES string of the molecule is CN1CCc2cccc3c2[C@H]1Cc1ccc(-c2ccccc2)c(O)c1-3. The number of fused-ring (bicyclic) bond motifs is 2. The minimum absolute atomic E-state index is 0.420. The fourth-order valence-electron chi connectivity index (χ4n) is 4.54. The van der Waals surface area contributed by atoms with Crippen molar-refractivity contribution < 1.29 is 5.11 Å². The van der Waals surface area contributed by atoms with Crippen molar-refractivity contribution in [3.8, 4) is 28.0 Å². The summed E-state index contributed by atoms with van der Waals surface area (Å²) in [5.74, 6) is 0.420. The molecule has 1 aliphatic carbocycles. The van der Waals surface area contributed by atoms with E-state index in [4.69, 9.17) is 0 Å². The van der Waals surface area contributed by atoms with Crippen molar-refractivity contribution in [1.82, 2.24) is 4.90 Å². The molecule has 0 bridgehead atoms. The zero-order chi connectivity index (χ0) is 17.0. The average molecular weight is 327 g/mol. The van der Waals surface area contributed by atoms with Crippen molar-refractivity contribution in [2.75, 3.05) is 13.6 Å². The summed E-state index contributed by atoms with van der Waals surface area (Å²) in [4.78, 5) is 2.46. The van der Waals surface area contributed by atoms with Crippen LogP contribution in [0.15, 0.2) is 60.7 Å². The van der Waals surface area contributed by atoms with Gasteiger partial charge in [-0.25, -0.2) is 0 Å².